The molecule has 1 saturated heterocycles. The number of carbonyl (C=O) groups is 1. The zero-order valence-electron chi connectivity index (χ0n) is 19.7. The summed E-state index contributed by atoms with van der Waals surface area (Å²) in [7, 11) is 0. The van der Waals surface area contributed by atoms with Crippen molar-refractivity contribution in [1.29, 1.82) is 0 Å². The van der Waals surface area contributed by atoms with E-state index >= 15 is 0 Å². The van der Waals surface area contributed by atoms with Gasteiger partial charge in [-0.25, -0.2) is 4.79 Å². The van der Waals surface area contributed by atoms with Gasteiger partial charge in [-0.1, -0.05) is 24.3 Å². The number of primary amides is 1. The highest BCUT2D eigenvalue weighted by Crippen LogP contribution is 2.36. The molecule has 3 heterocycles. The van der Waals surface area contributed by atoms with Crippen LogP contribution in [0.1, 0.15) is 31.2 Å². The molecule has 7 heteroatoms. The normalized spacial score (nSPS) is 16.6. The molecule has 0 saturated carbocycles. The van der Waals surface area contributed by atoms with E-state index in [9.17, 15) is 4.79 Å². The highest BCUT2D eigenvalue weighted by atomic mass is 16.5. The highest BCUT2D eigenvalue weighted by Gasteiger charge is 2.22. The van der Waals surface area contributed by atoms with Gasteiger partial charge in [-0.3, -0.25) is 4.90 Å². The molecule has 0 bridgehead atoms. The molecule has 2 aliphatic heterocycles. The fourth-order valence-corrected chi connectivity index (χ4v) is 5.18. The van der Waals surface area contributed by atoms with Gasteiger partial charge in [0.2, 0.25) is 0 Å². The minimum Gasteiger partial charge on any atom is -0.491 e. The van der Waals surface area contributed by atoms with Crippen LogP contribution < -0.4 is 20.3 Å². The number of fused-ring (bicyclic) bond motifs is 2. The van der Waals surface area contributed by atoms with E-state index in [2.05, 4.69) is 28.0 Å². The highest BCUT2D eigenvalue weighted by molar-refractivity contribution is 6.01. The second-order valence-corrected chi connectivity index (χ2v) is 9.21. The Bertz CT molecular complexity index is 1130. The van der Waals surface area contributed by atoms with E-state index in [1.54, 1.807) is 11.2 Å². The van der Waals surface area contributed by atoms with Crippen molar-refractivity contribution in [2.45, 2.75) is 32.1 Å². The lowest BCUT2D eigenvalue weighted by Gasteiger charge is -2.28. The van der Waals surface area contributed by atoms with Crippen molar-refractivity contribution in [2.24, 2.45) is 5.73 Å². The monoisotopic (exact) mass is 462 g/mol. The predicted octanol–water partition coefficient (Wildman–Crippen LogP) is 4.64. The van der Waals surface area contributed by atoms with Gasteiger partial charge in [0.15, 0.2) is 0 Å². The van der Waals surface area contributed by atoms with Gasteiger partial charge in [-0.15, -0.1) is 0 Å². The summed E-state index contributed by atoms with van der Waals surface area (Å²) in [5.41, 5.74) is 9.82. The van der Waals surface area contributed by atoms with Crippen molar-refractivity contribution >= 4 is 28.4 Å². The molecule has 3 aromatic rings. The van der Waals surface area contributed by atoms with E-state index in [-0.39, 0.29) is 0 Å². The SMILES string of the molecule is NC(=O)N(CCCCN1CCCN(c2cccc3c2OCCC3)CC1)c1coc2ccccc12. The maximum atomic E-state index is 12.1. The first-order valence-electron chi connectivity index (χ1n) is 12.5. The predicted molar refractivity (Wildman–Crippen MR) is 136 cm³/mol. The van der Waals surface area contributed by atoms with Crippen molar-refractivity contribution < 1.29 is 13.9 Å². The molecule has 5 rings (SSSR count). The minimum atomic E-state index is -0.439. The average Bonchev–Trinajstić information content (AvgIpc) is 3.14. The van der Waals surface area contributed by atoms with Crippen LogP contribution in [-0.2, 0) is 6.42 Å². The fourth-order valence-electron chi connectivity index (χ4n) is 5.18. The summed E-state index contributed by atoms with van der Waals surface area (Å²) in [5.74, 6) is 1.10. The second-order valence-electron chi connectivity index (χ2n) is 9.21. The molecule has 0 spiro atoms. The first-order valence-corrected chi connectivity index (χ1v) is 12.5. The van der Waals surface area contributed by atoms with Crippen molar-refractivity contribution in [3.63, 3.8) is 0 Å². The Balaban J connectivity index is 1.13. The zero-order valence-corrected chi connectivity index (χ0v) is 19.7. The van der Waals surface area contributed by atoms with Gasteiger partial charge in [0.05, 0.1) is 18.0 Å². The van der Waals surface area contributed by atoms with Crippen LogP contribution in [0, 0.1) is 0 Å². The maximum Gasteiger partial charge on any atom is 0.319 e. The second kappa shape index (κ2) is 10.4. The number of carbonyl (C=O) groups excluding carboxylic acids is 1. The molecule has 34 heavy (non-hydrogen) atoms. The van der Waals surface area contributed by atoms with Crippen LogP contribution in [-0.4, -0.2) is 56.8 Å². The summed E-state index contributed by atoms with van der Waals surface area (Å²) in [6, 6.07) is 13.9. The number of benzene rings is 2. The number of aryl methyl sites for hydroxylation is 1. The fraction of sp³-hybridized carbons (Fsp3) is 0.444. The van der Waals surface area contributed by atoms with E-state index in [0.717, 1.165) is 93.8 Å². The molecule has 0 atom stereocenters. The van der Waals surface area contributed by atoms with Gasteiger partial charge in [0.1, 0.15) is 17.6 Å². The molecular formula is C27H34N4O3. The van der Waals surface area contributed by atoms with E-state index in [1.807, 2.05) is 24.3 Å². The van der Waals surface area contributed by atoms with Gasteiger partial charge < -0.3 is 24.7 Å². The maximum absolute atomic E-state index is 12.1. The van der Waals surface area contributed by atoms with Crippen LogP contribution in [0.15, 0.2) is 53.1 Å². The summed E-state index contributed by atoms with van der Waals surface area (Å²) in [6.45, 7) is 6.63. The number of ether oxygens (including phenoxy) is 1. The molecule has 1 fully saturated rings. The first kappa shape index (κ1) is 22.6. The van der Waals surface area contributed by atoms with Gasteiger partial charge in [0, 0.05) is 31.6 Å². The van der Waals surface area contributed by atoms with Crippen molar-refractivity contribution in [1.82, 2.24) is 4.90 Å². The van der Waals surface area contributed by atoms with E-state index in [0.29, 0.717) is 6.54 Å². The molecule has 2 aromatic carbocycles. The number of rotatable bonds is 7. The minimum absolute atomic E-state index is 0.439. The topological polar surface area (TPSA) is 75.2 Å². The van der Waals surface area contributed by atoms with Crippen LogP contribution in [0.3, 0.4) is 0 Å². The van der Waals surface area contributed by atoms with Gasteiger partial charge in [-0.05, 0) is 69.0 Å². The summed E-state index contributed by atoms with van der Waals surface area (Å²) >= 11 is 0. The van der Waals surface area contributed by atoms with E-state index < -0.39 is 6.03 Å². The Labute approximate surface area is 201 Å². The molecule has 0 aliphatic carbocycles. The zero-order chi connectivity index (χ0) is 23.3. The van der Waals surface area contributed by atoms with Gasteiger partial charge in [-0.2, -0.15) is 0 Å². The third-order valence-corrected chi connectivity index (χ3v) is 6.97. The first-order chi connectivity index (χ1) is 16.7. The number of para-hydroxylation sites is 2. The molecule has 2 N–H and O–H groups in total. The molecule has 2 aliphatic rings. The lowest BCUT2D eigenvalue weighted by atomic mass is 10.0. The summed E-state index contributed by atoms with van der Waals surface area (Å²) < 4.78 is 11.7. The van der Waals surface area contributed by atoms with Crippen molar-refractivity contribution in [3.05, 3.63) is 54.3 Å². The van der Waals surface area contributed by atoms with Gasteiger partial charge >= 0.3 is 6.03 Å². The Hall–Kier alpha value is -3.19. The molecule has 1 aromatic heterocycles. The molecule has 0 unspecified atom stereocenters. The van der Waals surface area contributed by atoms with E-state index in [4.69, 9.17) is 14.9 Å². The summed E-state index contributed by atoms with van der Waals surface area (Å²) in [5, 5.41) is 0.918. The molecule has 7 nitrogen and oxygen atoms in total. The number of nitrogens with two attached hydrogens (primary N) is 1. The van der Waals surface area contributed by atoms with Crippen LogP contribution in [0.25, 0.3) is 11.0 Å². The standard InChI is InChI=1S/C27H34N4O3/c28-27(32)31(24-20-34-25-12-2-1-10-22(24)25)16-4-3-13-29-14-7-15-30(18-17-29)23-11-5-8-21-9-6-19-33-26(21)23/h1-2,5,8,10-12,20H,3-4,6-7,9,13-19H2,(H2,28,32). The van der Waals surface area contributed by atoms with Crippen LogP contribution in [0.4, 0.5) is 16.2 Å². The Morgan fingerprint density at radius 3 is 2.82 bits per heavy atom. The van der Waals surface area contributed by atoms with Crippen LogP contribution in [0.5, 0.6) is 5.75 Å². The molecule has 2 amide bonds. The average molecular weight is 463 g/mol. The van der Waals surface area contributed by atoms with Crippen LogP contribution in [0.2, 0.25) is 0 Å². The smallest absolute Gasteiger partial charge is 0.319 e. The molecular weight excluding hydrogens is 428 g/mol. The van der Waals surface area contributed by atoms with Crippen molar-refractivity contribution in [3.8, 4) is 5.75 Å². The van der Waals surface area contributed by atoms with Gasteiger partial charge in [0.25, 0.3) is 0 Å². The third-order valence-electron chi connectivity index (χ3n) is 6.97. The molecule has 180 valence electrons. The number of urea groups is 1. The van der Waals surface area contributed by atoms with E-state index in [1.165, 1.54) is 11.3 Å². The number of nitrogens with zero attached hydrogens (tertiary/aromatic N) is 3. The summed E-state index contributed by atoms with van der Waals surface area (Å²) in [6.07, 6.45) is 6.89. The van der Waals surface area contributed by atoms with Crippen molar-refractivity contribution in [2.75, 3.05) is 55.7 Å². The number of furan rings is 1. The lowest BCUT2D eigenvalue weighted by Crippen LogP contribution is -2.37. The number of hydrogen-bond acceptors (Lipinski definition) is 5. The molecule has 0 radical (unpaired) electrons. The number of amides is 2. The Kier molecular flexibility index (Phi) is 6.90. The Morgan fingerprint density at radius 2 is 1.91 bits per heavy atom. The quantitative estimate of drug-likeness (QED) is 0.518. The Morgan fingerprint density at radius 1 is 1.00 bits per heavy atom. The summed E-state index contributed by atoms with van der Waals surface area (Å²) in [4.78, 5) is 18.8. The number of unbranched alkanes of at least 4 members (excludes halogenated alkanes) is 1. The number of hydrogen-bond donors (Lipinski definition) is 1. The largest absolute Gasteiger partial charge is 0.491 e. The lowest BCUT2D eigenvalue weighted by molar-refractivity contribution is 0.253. The number of anilines is 2. The van der Waals surface area contributed by atoms with Crippen LogP contribution >= 0.6 is 0 Å². The third kappa shape index (κ3) is 4.85.